The number of rotatable bonds is 3. The van der Waals surface area contributed by atoms with Crippen LogP contribution in [0.4, 0.5) is 5.82 Å². The fourth-order valence-electron chi connectivity index (χ4n) is 2.42. The Labute approximate surface area is 101 Å². The second-order valence-electron chi connectivity index (χ2n) is 4.69. The Morgan fingerprint density at radius 3 is 3.12 bits per heavy atom. The van der Waals surface area contributed by atoms with Crippen molar-refractivity contribution in [3.63, 3.8) is 0 Å². The highest BCUT2D eigenvalue weighted by atomic mass is 15.2. The van der Waals surface area contributed by atoms with Crippen molar-refractivity contribution in [1.29, 1.82) is 0 Å². The summed E-state index contributed by atoms with van der Waals surface area (Å²) in [5, 5.41) is 10.9. The third kappa shape index (κ3) is 1.62. The summed E-state index contributed by atoms with van der Waals surface area (Å²) < 4.78 is 0. The third-order valence-electron chi connectivity index (χ3n) is 3.31. The molecule has 1 aliphatic rings. The Kier molecular flexibility index (Phi) is 2.39. The number of anilines is 1. The molecular weight excluding hydrogens is 210 g/mol. The third-order valence-corrected chi connectivity index (χ3v) is 3.31. The minimum absolute atomic E-state index is 0.979. The fourth-order valence-corrected chi connectivity index (χ4v) is 2.42. The molecule has 1 aromatic heterocycles. The molecule has 0 bridgehead atoms. The van der Waals surface area contributed by atoms with Gasteiger partial charge in [0.15, 0.2) is 5.82 Å². The summed E-state index contributed by atoms with van der Waals surface area (Å²) in [6.07, 6.45) is 2.11. The van der Waals surface area contributed by atoms with Crippen molar-refractivity contribution >= 4 is 5.82 Å². The molecule has 17 heavy (non-hydrogen) atoms. The molecule has 1 aromatic carbocycles. The molecule has 1 aliphatic carbocycles. The average Bonchev–Trinajstić information content (AvgIpc) is 2.86. The summed E-state index contributed by atoms with van der Waals surface area (Å²) in [6, 6.07) is 6.64. The zero-order chi connectivity index (χ0) is 11.8. The highest BCUT2D eigenvalue weighted by Gasteiger charge is 2.23. The quantitative estimate of drug-likeness (QED) is 0.721. The van der Waals surface area contributed by atoms with E-state index in [2.05, 4.69) is 47.6 Å². The van der Waals surface area contributed by atoms with Gasteiger partial charge in [-0.3, -0.25) is 5.10 Å². The lowest BCUT2D eigenvalue weighted by Crippen LogP contribution is -2.02. The number of nitrogens with one attached hydrogen (secondary N) is 2. The van der Waals surface area contributed by atoms with Crippen LogP contribution < -0.4 is 5.32 Å². The van der Waals surface area contributed by atoms with E-state index in [0.717, 1.165) is 25.2 Å². The maximum atomic E-state index is 4.37. The van der Waals surface area contributed by atoms with Gasteiger partial charge in [0.05, 0.1) is 5.69 Å². The van der Waals surface area contributed by atoms with Gasteiger partial charge in [-0.2, -0.15) is 5.10 Å². The largest absolute Gasteiger partial charge is 0.368 e. The molecule has 3 nitrogen and oxygen atoms in total. The number of aryl methyl sites for hydroxylation is 1. The van der Waals surface area contributed by atoms with Gasteiger partial charge in [0.1, 0.15) is 0 Å². The molecule has 0 amide bonds. The van der Waals surface area contributed by atoms with Crippen LogP contribution in [-0.2, 0) is 6.42 Å². The summed E-state index contributed by atoms with van der Waals surface area (Å²) in [6.45, 7) is 5.27. The second kappa shape index (κ2) is 3.91. The van der Waals surface area contributed by atoms with Crippen LogP contribution in [0.5, 0.6) is 0 Å². The smallest absolute Gasteiger partial charge is 0.151 e. The number of benzene rings is 1. The molecule has 0 aliphatic heterocycles. The first-order valence-corrected chi connectivity index (χ1v) is 6.20. The predicted octanol–water partition coefficient (Wildman–Crippen LogP) is 3.11. The Morgan fingerprint density at radius 1 is 1.41 bits per heavy atom. The van der Waals surface area contributed by atoms with Crippen molar-refractivity contribution in [1.82, 2.24) is 10.2 Å². The Balaban J connectivity index is 2.00. The first-order valence-electron chi connectivity index (χ1n) is 6.20. The molecule has 0 spiro atoms. The van der Waals surface area contributed by atoms with Gasteiger partial charge in [0.25, 0.3) is 0 Å². The van der Waals surface area contributed by atoms with Crippen LogP contribution >= 0.6 is 0 Å². The molecule has 0 fully saturated rings. The summed E-state index contributed by atoms with van der Waals surface area (Å²) in [5.74, 6) is 1.02. The van der Waals surface area contributed by atoms with Crippen molar-refractivity contribution in [2.45, 2.75) is 26.7 Å². The number of hydrogen-bond acceptors (Lipinski definition) is 2. The molecule has 88 valence electrons. The Hall–Kier alpha value is -1.77. The van der Waals surface area contributed by atoms with E-state index in [1.165, 1.54) is 27.9 Å². The van der Waals surface area contributed by atoms with Crippen LogP contribution in [0.15, 0.2) is 18.2 Å². The van der Waals surface area contributed by atoms with E-state index < -0.39 is 0 Å². The average molecular weight is 227 g/mol. The fraction of sp³-hybridized carbons (Fsp3) is 0.357. The molecule has 0 unspecified atom stereocenters. The van der Waals surface area contributed by atoms with Gasteiger partial charge in [0.2, 0.25) is 0 Å². The lowest BCUT2D eigenvalue weighted by Gasteiger charge is -2.02. The zero-order valence-corrected chi connectivity index (χ0v) is 10.3. The number of aromatic nitrogens is 2. The van der Waals surface area contributed by atoms with Crippen LogP contribution in [0, 0.1) is 6.92 Å². The molecule has 2 N–H and O–H groups in total. The van der Waals surface area contributed by atoms with Gasteiger partial charge in [0, 0.05) is 24.1 Å². The Bertz CT molecular complexity index is 555. The van der Waals surface area contributed by atoms with Gasteiger partial charge in [-0.15, -0.1) is 0 Å². The lowest BCUT2D eigenvalue weighted by molar-refractivity contribution is 0.956. The monoisotopic (exact) mass is 227 g/mol. The zero-order valence-electron chi connectivity index (χ0n) is 10.3. The lowest BCUT2D eigenvalue weighted by atomic mass is 10.1. The van der Waals surface area contributed by atoms with E-state index in [9.17, 15) is 0 Å². The highest BCUT2D eigenvalue weighted by molar-refractivity contribution is 5.78. The number of nitrogens with zero attached hydrogens (tertiary/aromatic N) is 1. The SMILES string of the molecule is CCCNc1n[nH]c2c1Cc1ccc(C)cc1-2. The second-order valence-corrected chi connectivity index (χ2v) is 4.69. The number of fused-ring (bicyclic) bond motifs is 3. The molecule has 2 aromatic rings. The summed E-state index contributed by atoms with van der Waals surface area (Å²) >= 11 is 0. The van der Waals surface area contributed by atoms with E-state index in [0.29, 0.717) is 0 Å². The molecule has 0 atom stereocenters. The first kappa shape index (κ1) is 10.4. The summed E-state index contributed by atoms with van der Waals surface area (Å²) in [4.78, 5) is 0. The van der Waals surface area contributed by atoms with Gasteiger partial charge in [-0.1, -0.05) is 24.6 Å². The molecule has 1 heterocycles. The molecular formula is C14H17N3. The number of H-pyrrole nitrogens is 1. The van der Waals surface area contributed by atoms with Crippen molar-refractivity contribution in [3.05, 3.63) is 34.9 Å². The van der Waals surface area contributed by atoms with E-state index >= 15 is 0 Å². The minimum atomic E-state index is 0.979. The Morgan fingerprint density at radius 2 is 2.29 bits per heavy atom. The topological polar surface area (TPSA) is 40.7 Å². The first-order chi connectivity index (χ1) is 8.29. The normalized spacial score (nSPS) is 12.4. The molecule has 3 rings (SSSR count). The van der Waals surface area contributed by atoms with E-state index in [1.807, 2.05) is 0 Å². The van der Waals surface area contributed by atoms with Crippen LogP contribution in [0.3, 0.4) is 0 Å². The predicted molar refractivity (Wildman–Crippen MR) is 70.3 cm³/mol. The van der Waals surface area contributed by atoms with E-state index in [-0.39, 0.29) is 0 Å². The standard InChI is InChI=1S/C14H17N3/c1-3-6-15-14-12-8-10-5-4-9(2)7-11(10)13(12)16-17-14/h4-5,7H,3,6,8H2,1-2H3,(H2,15,16,17). The van der Waals surface area contributed by atoms with Gasteiger partial charge in [-0.25, -0.2) is 0 Å². The van der Waals surface area contributed by atoms with Crippen molar-refractivity contribution in [3.8, 4) is 11.3 Å². The van der Waals surface area contributed by atoms with Crippen LogP contribution in [0.25, 0.3) is 11.3 Å². The van der Waals surface area contributed by atoms with E-state index in [4.69, 9.17) is 0 Å². The number of aromatic amines is 1. The van der Waals surface area contributed by atoms with Crippen molar-refractivity contribution < 1.29 is 0 Å². The number of hydrogen-bond donors (Lipinski definition) is 2. The van der Waals surface area contributed by atoms with Crippen molar-refractivity contribution in [2.24, 2.45) is 0 Å². The summed E-state index contributed by atoms with van der Waals surface area (Å²) in [5.41, 5.74) is 6.53. The van der Waals surface area contributed by atoms with Gasteiger partial charge >= 0.3 is 0 Å². The molecule has 3 heteroatoms. The van der Waals surface area contributed by atoms with Crippen LogP contribution in [0.1, 0.15) is 30.0 Å². The van der Waals surface area contributed by atoms with Gasteiger partial charge in [-0.05, 0) is 25.0 Å². The molecule has 0 radical (unpaired) electrons. The highest BCUT2D eigenvalue weighted by Crippen LogP contribution is 2.38. The maximum Gasteiger partial charge on any atom is 0.151 e. The molecule has 0 saturated carbocycles. The molecule has 0 saturated heterocycles. The minimum Gasteiger partial charge on any atom is -0.368 e. The van der Waals surface area contributed by atoms with Crippen LogP contribution in [0.2, 0.25) is 0 Å². The summed E-state index contributed by atoms with van der Waals surface area (Å²) in [7, 11) is 0. The van der Waals surface area contributed by atoms with E-state index in [1.54, 1.807) is 0 Å². The maximum absolute atomic E-state index is 4.37. The van der Waals surface area contributed by atoms with Crippen molar-refractivity contribution in [2.75, 3.05) is 11.9 Å². The van der Waals surface area contributed by atoms with Crippen LogP contribution in [-0.4, -0.2) is 16.7 Å². The van der Waals surface area contributed by atoms with Gasteiger partial charge < -0.3 is 5.32 Å².